The van der Waals surface area contributed by atoms with Crippen molar-refractivity contribution in [2.24, 2.45) is 5.92 Å². The first-order valence-corrected chi connectivity index (χ1v) is 6.49. The van der Waals surface area contributed by atoms with Crippen LogP contribution in [0.3, 0.4) is 0 Å². The Bertz CT molecular complexity index is 212. The molecule has 1 aliphatic rings. The molecular formula is C12H24N2O3. The molecule has 1 atom stereocenters. The van der Waals surface area contributed by atoms with Crippen LogP contribution in [-0.4, -0.2) is 45.0 Å². The SMILES string of the molecule is CCOC(CNC(=O)[C@H]1CCCNC1)OCC. The van der Waals surface area contributed by atoms with Gasteiger partial charge in [-0.2, -0.15) is 0 Å². The van der Waals surface area contributed by atoms with Crippen LogP contribution in [0.15, 0.2) is 0 Å². The zero-order valence-electron chi connectivity index (χ0n) is 10.8. The van der Waals surface area contributed by atoms with E-state index in [-0.39, 0.29) is 18.1 Å². The number of ether oxygens (including phenoxy) is 2. The van der Waals surface area contributed by atoms with Gasteiger partial charge in [-0.3, -0.25) is 4.79 Å². The molecule has 100 valence electrons. The molecule has 5 nitrogen and oxygen atoms in total. The first kappa shape index (κ1) is 14.4. The maximum absolute atomic E-state index is 11.8. The van der Waals surface area contributed by atoms with Crippen LogP contribution >= 0.6 is 0 Å². The van der Waals surface area contributed by atoms with E-state index in [4.69, 9.17) is 9.47 Å². The summed E-state index contributed by atoms with van der Waals surface area (Å²) in [5, 5.41) is 6.12. The fourth-order valence-electron chi connectivity index (χ4n) is 1.94. The van der Waals surface area contributed by atoms with Gasteiger partial charge in [0.15, 0.2) is 6.29 Å². The molecule has 1 fully saturated rings. The summed E-state index contributed by atoms with van der Waals surface area (Å²) < 4.78 is 10.7. The third-order valence-electron chi connectivity index (χ3n) is 2.82. The summed E-state index contributed by atoms with van der Waals surface area (Å²) in [5.74, 6) is 0.189. The van der Waals surface area contributed by atoms with Gasteiger partial charge in [0.1, 0.15) is 0 Å². The molecule has 0 bridgehead atoms. The van der Waals surface area contributed by atoms with Gasteiger partial charge in [-0.05, 0) is 33.2 Å². The lowest BCUT2D eigenvalue weighted by atomic mass is 9.99. The number of carbonyl (C=O) groups is 1. The van der Waals surface area contributed by atoms with Gasteiger partial charge in [0.25, 0.3) is 0 Å². The normalized spacial score (nSPS) is 20.5. The fraction of sp³-hybridized carbons (Fsp3) is 0.917. The minimum absolute atomic E-state index is 0.0904. The second-order valence-corrected chi connectivity index (χ2v) is 4.13. The van der Waals surface area contributed by atoms with Gasteiger partial charge in [0.2, 0.25) is 5.91 Å². The van der Waals surface area contributed by atoms with Gasteiger partial charge >= 0.3 is 0 Å². The molecule has 1 saturated heterocycles. The number of hydrogen-bond donors (Lipinski definition) is 2. The number of amides is 1. The molecule has 0 spiro atoms. The number of piperidine rings is 1. The maximum atomic E-state index is 11.8. The van der Waals surface area contributed by atoms with Crippen molar-refractivity contribution in [2.45, 2.75) is 33.0 Å². The predicted octanol–water partition coefficient (Wildman–Crippen LogP) is 0.501. The molecule has 1 aliphatic heterocycles. The molecule has 0 unspecified atom stereocenters. The Kier molecular flexibility index (Phi) is 7.16. The van der Waals surface area contributed by atoms with Gasteiger partial charge in [-0.25, -0.2) is 0 Å². The monoisotopic (exact) mass is 244 g/mol. The van der Waals surface area contributed by atoms with Crippen molar-refractivity contribution in [1.82, 2.24) is 10.6 Å². The largest absolute Gasteiger partial charge is 0.351 e. The standard InChI is InChI=1S/C12H24N2O3/c1-3-16-11(17-4-2)9-14-12(15)10-6-5-7-13-8-10/h10-11,13H,3-9H2,1-2H3,(H,14,15)/t10-/m0/s1. The van der Waals surface area contributed by atoms with E-state index in [1.54, 1.807) is 0 Å². The van der Waals surface area contributed by atoms with Crippen LogP contribution in [0.25, 0.3) is 0 Å². The van der Waals surface area contributed by atoms with Crippen LogP contribution in [-0.2, 0) is 14.3 Å². The zero-order chi connectivity index (χ0) is 12.5. The van der Waals surface area contributed by atoms with E-state index >= 15 is 0 Å². The van der Waals surface area contributed by atoms with E-state index in [0.717, 1.165) is 25.9 Å². The van der Waals surface area contributed by atoms with Crippen LogP contribution in [0.5, 0.6) is 0 Å². The highest BCUT2D eigenvalue weighted by atomic mass is 16.7. The molecule has 17 heavy (non-hydrogen) atoms. The number of nitrogens with one attached hydrogen (secondary N) is 2. The van der Waals surface area contributed by atoms with Crippen molar-refractivity contribution < 1.29 is 14.3 Å². The summed E-state index contributed by atoms with van der Waals surface area (Å²) in [4.78, 5) is 11.8. The van der Waals surface area contributed by atoms with Gasteiger partial charge in [0, 0.05) is 19.8 Å². The van der Waals surface area contributed by atoms with Crippen molar-refractivity contribution in [1.29, 1.82) is 0 Å². The van der Waals surface area contributed by atoms with Crippen LogP contribution in [0, 0.1) is 5.92 Å². The molecule has 0 aromatic carbocycles. The zero-order valence-corrected chi connectivity index (χ0v) is 10.8. The second kappa shape index (κ2) is 8.44. The molecule has 0 aromatic rings. The van der Waals surface area contributed by atoms with Crippen molar-refractivity contribution in [3.05, 3.63) is 0 Å². The van der Waals surface area contributed by atoms with Gasteiger partial charge in [-0.1, -0.05) is 0 Å². The summed E-state index contributed by atoms with van der Waals surface area (Å²) in [7, 11) is 0. The number of carbonyl (C=O) groups excluding carboxylic acids is 1. The molecule has 0 aliphatic carbocycles. The van der Waals surface area contributed by atoms with E-state index in [0.29, 0.717) is 19.8 Å². The summed E-state index contributed by atoms with van der Waals surface area (Å²) in [6.45, 7) is 7.23. The summed E-state index contributed by atoms with van der Waals surface area (Å²) >= 11 is 0. The predicted molar refractivity (Wildman–Crippen MR) is 65.6 cm³/mol. The van der Waals surface area contributed by atoms with E-state index < -0.39 is 0 Å². The highest BCUT2D eigenvalue weighted by molar-refractivity contribution is 5.78. The first-order valence-electron chi connectivity index (χ1n) is 6.49. The van der Waals surface area contributed by atoms with Crippen LogP contribution in [0.1, 0.15) is 26.7 Å². The van der Waals surface area contributed by atoms with Gasteiger partial charge in [0.05, 0.1) is 12.5 Å². The fourth-order valence-corrected chi connectivity index (χ4v) is 1.94. The third kappa shape index (κ3) is 5.48. The van der Waals surface area contributed by atoms with Crippen LogP contribution in [0.4, 0.5) is 0 Å². The van der Waals surface area contributed by atoms with Crippen molar-refractivity contribution in [3.63, 3.8) is 0 Å². The molecule has 1 heterocycles. The molecule has 0 radical (unpaired) electrons. The Morgan fingerprint density at radius 2 is 2.12 bits per heavy atom. The lowest BCUT2D eigenvalue weighted by molar-refractivity contribution is -0.142. The Morgan fingerprint density at radius 3 is 2.65 bits per heavy atom. The van der Waals surface area contributed by atoms with E-state index in [9.17, 15) is 4.79 Å². The third-order valence-corrected chi connectivity index (χ3v) is 2.82. The van der Waals surface area contributed by atoms with Crippen molar-refractivity contribution in [3.8, 4) is 0 Å². The summed E-state index contributed by atoms with van der Waals surface area (Å²) in [6.07, 6.45) is 1.70. The van der Waals surface area contributed by atoms with Gasteiger partial charge in [-0.15, -0.1) is 0 Å². The smallest absolute Gasteiger partial charge is 0.224 e. The Morgan fingerprint density at radius 1 is 1.41 bits per heavy atom. The first-order chi connectivity index (χ1) is 8.27. The average Bonchev–Trinajstić information content (AvgIpc) is 2.37. The summed E-state index contributed by atoms with van der Waals surface area (Å²) in [5.41, 5.74) is 0. The molecule has 0 saturated carbocycles. The Hall–Kier alpha value is -0.650. The minimum Gasteiger partial charge on any atom is -0.351 e. The van der Waals surface area contributed by atoms with Crippen LogP contribution in [0.2, 0.25) is 0 Å². The summed E-state index contributed by atoms with van der Waals surface area (Å²) in [6, 6.07) is 0. The van der Waals surface area contributed by atoms with E-state index in [1.165, 1.54) is 0 Å². The number of hydrogen-bond acceptors (Lipinski definition) is 4. The van der Waals surface area contributed by atoms with Crippen molar-refractivity contribution >= 4 is 5.91 Å². The van der Waals surface area contributed by atoms with Gasteiger partial charge < -0.3 is 20.1 Å². The quantitative estimate of drug-likeness (QED) is 0.640. The number of rotatable bonds is 7. The molecular weight excluding hydrogens is 220 g/mol. The molecule has 0 aromatic heterocycles. The Labute approximate surface area is 103 Å². The topological polar surface area (TPSA) is 59.6 Å². The Balaban J connectivity index is 2.24. The lowest BCUT2D eigenvalue weighted by Gasteiger charge is -2.23. The average molecular weight is 244 g/mol. The highest BCUT2D eigenvalue weighted by Crippen LogP contribution is 2.09. The molecule has 1 amide bonds. The van der Waals surface area contributed by atoms with E-state index in [1.807, 2.05) is 13.8 Å². The molecule has 2 N–H and O–H groups in total. The maximum Gasteiger partial charge on any atom is 0.224 e. The molecule has 1 rings (SSSR count). The van der Waals surface area contributed by atoms with Crippen LogP contribution < -0.4 is 10.6 Å². The lowest BCUT2D eigenvalue weighted by Crippen LogP contribution is -2.43. The van der Waals surface area contributed by atoms with E-state index in [2.05, 4.69) is 10.6 Å². The highest BCUT2D eigenvalue weighted by Gasteiger charge is 2.21. The molecule has 5 heteroatoms. The van der Waals surface area contributed by atoms with Crippen molar-refractivity contribution in [2.75, 3.05) is 32.8 Å². The minimum atomic E-state index is -0.328. The second-order valence-electron chi connectivity index (χ2n) is 4.13.